The molecule has 0 N–H and O–H groups in total. The van der Waals surface area contributed by atoms with Crippen LogP contribution in [-0.2, 0) is 6.54 Å². The maximum atomic E-state index is 13.9. The van der Waals surface area contributed by atoms with E-state index in [4.69, 9.17) is 9.15 Å². The van der Waals surface area contributed by atoms with Crippen LogP contribution in [0.25, 0.3) is 11.0 Å². The molecule has 1 aromatic heterocycles. The van der Waals surface area contributed by atoms with Gasteiger partial charge in [-0.05, 0) is 60.7 Å². The second kappa shape index (κ2) is 9.41. The van der Waals surface area contributed by atoms with Crippen molar-refractivity contribution < 1.29 is 13.9 Å². The largest absolute Gasteiger partial charge is 0.494 e. The van der Waals surface area contributed by atoms with E-state index >= 15 is 0 Å². The molecule has 0 saturated heterocycles. The fraction of sp³-hybridized carbons (Fsp3) is 0.267. The molecular weight excluding hydrogens is 438 g/mol. The minimum absolute atomic E-state index is 0.136. The Labute approximate surface area is 205 Å². The van der Waals surface area contributed by atoms with Gasteiger partial charge >= 0.3 is 0 Å². The quantitative estimate of drug-likeness (QED) is 0.298. The van der Waals surface area contributed by atoms with Crippen LogP contribution >= 0.6 is 0 Å². The average molecular weight is 468 g/mol. The van der Waals surface area contributed by atoms with E-state index in [0.717, 1.165) is 40.8 Å². The summed E-state index contributed by atoms with van der Waals surface area (Å²) >= 11 is 0. The molecule has 1 aliphatic heterocycles. The second-order valence-electron chi connectivity index (χ2n) is 9.22. The highest BCUT2D eigenvalue weighted by molar-refractivity contribution is 5.99. The number of hydrogen-bond acceptors (Lipinski definition) is 4. The summed E-state index contributed by atoms with van der Waals surface area (Å²) in [7, 11) is 0. The molecule has 3 aromatic carbocycles. The monoisotopic (exact) mass is 467 g/mol. The molecule has 0 fully saturated rings. The summed E-state index contributed by atoms with van der Waals surface area (Å²) in [5.41, 5.74) is 4.40. The van der Waals surface area contributed by atoms with Crippen LogP contribution in [0.15, 0.2) is 75.9 Å². The van der Waals surface area contributed by atoms with Crippen molar-refractivity contribution in [1.29, 1.82) is 0 Å². The molecule has 0 aliphatic carbocycles. The number of unbranched alkanes of at least 4 members (excludes halogenated alkanes) is 1. The molecule has 0 saturated carbocycles. The lowest BCUT2D eigenvalue weighted by atomic mass is 9.96. The van der Waals surface area contributed by atoms with Crippen LogP contribution in [0, 0.1) is 13.8 Å². The van der Waals surface area contributed by atoms with Crippen LogP contribution in [0.3, 0.4) is 0 Å². The van der Waals surface area contributed by atoms with E-state index in [1.165, 1.54) is 0 Å². The molecule has 178 valence electrons. The summed E-state index contributed by atoms with van der Waals surface area (Å²) in [4.78, 5) is 29.3. The van der Waals surface area contributed by atoms with Gasteiger partial charge in [0, 0.05) is 6.54 Å². The first-order chi connectivity index (χ1) is 17.0. The van der Waals surface area contributed by atoms with E-state index in [-0.39, 0.29) is 17.1 Å². The molecule has 5 rings (SSSR count). The first kappa shape index (κ1) is 22.9. The Kier molecular flexibility index (Phi) is 6.16. The first-order valence-electron chi connectivity index (χ1n) is 12.1. The van der Waals surface area contributed by atoms with Gasteiger partial charge in [-0.1, -0.05) is 61.9 Å². The predicted octanol–water partition coefficient (Wildman–Crippen LogP) is 6.33. The van der Waals surface area contributed by atoms with Crippen LogP contribution in [-0.4, -0.2) is 17.4 Å². The Morgan fingerprint density at radius 1 is 0.971 bits per heavy atom. The van der Waals surface area contributed by atoms with Crippen molar-refractivity contribution in [3.05, 3.63) is 111 Å². The second-order valence-corrected chi connectivity index (χ2v) is 9.22. The number of benzene rings is 3. The zero-order valence-corrected chi connectivity index (χ0v) is 20.3. The smallest absolute Gasteiger partial charge is 0.291 e. The fourth-order valence-corrected chi connectivity index (χ4v) is 4.88. The van der Waals surface area contributed by atoms with Crippen molar-refractivity contribution >= 4 is 16.9 Å². The lowest BCUT2D eigenvalue weighted by Gasteiger charge is -2.25. The van der Waals surface area contributed by atoms with E-state index in [9.17, 15) is 9.59 Å². The van der Waals surface area contributed by atoms with Gasteiger partial charge in [-0.3, -0.25) is 9.59 Å². The number of ether oxygens (including phenoxy) is 1. The first-order valence-corrected chi connectivity index (χ1v) is 12.1. The maximum absolute atomic E-state index is 13.9. The number of carbonyl (C=O) groups is 1. The summed E-state index contributed by atoms with van der Waals surface area (Å²) in [5.74, 6) is 0.644. The number of fused-ring (bicyclic) bond motifs is 2. The fourth-order valence-electron chi connectivity index (χ4n) is 4.88. The highest BCUT2D eigenvalue weighted by atomic mass is 16.5. The number of nitrogens with zero attached hydrogens (tertiary/aromatic N) is 1. The minimum Gasteiger partial charge on any atom is -0.494 e. The molecule has 2 heterocycles. The van der Waals surface area contributed by atoms with Gasteiger partial charge in [-0.25, -0.2) is 0 Å². The van der Waals surface area contributed by atoms with Crippen LogP contribution < -0.4 is 10.2 Å². The summed E-state index contributed by atoms with van der Waals surface area (Å²) < 4.78 is 12.0. The molecule has 1 atom stereocenters. The molecule has 1 amide bonds. The SMILES string of the molecule is CCCCOc1ccc(C2c3c(oc4cc(C)cc(C)c4c3=O)C(=O)N2Cc2ccccc2)cc1. The Balaban J connectivity index is 1.64. The number of carbonyl (C=O) groups excluding carboxylic acids is 1. The Hall–Kier alpha value is -3.86. The topological polar surface area (TPSA) is 59.8 Å². The summed E-state index contributed by atoms with van der Waals surface area (Å²) in [6.07, 6.45) is 2.06. The van der Waals surface area contributed by atoms with Gasteiger partial charge in [-0.2, -0.15) is 0 Å². The minimum atomic E-state index is -0.538. The van der Waals surface area contributed by atoms with E-state index in [1.54, 1.807) is 4.90 Å². The van der Waals surface area contributed by atoms with Crippen molar-refractivity contribution in [2.75, 3.05) is 6.61 Å². The van der Waals surface area contributed by atoms with Gasteiger partial charge in [0.2, 0.25) is 5.76 Å². The Morgan fingerprint density at radius 3 is 2.43 bits per heavy atom. The molecule has 1 unspecified atom stereocenters. The van der Waals surface area contributed by atoms with Crippen molar-refractivity contribution in [2.24, 2.45) is 0 Å². The highest BCUT2D eigenvalue weighted by Crippen LogP contribution is 2.40. The van der Waals surface area contributed by atoms with Crippen LogP contribution in [0.2, 0.25) is 0 Å². The number of rotatable bonds is 7. The normalized spacial score (nSPS) is 15.0. The van der Waals surface area contributed by atoms with Gasteiger partial charge in [0.15, 0.2) is 5.43 Å². The molecule has 5 heteroatoms. The van der Waals surface area contributed by atoms with Gasteiger partial charge < -0.3 is 14.1 Å². The molecule has 4 aromatic rings. The summed E-state index contributed by atoms with van der Waals surface area (Å²) in [5, 5.41) is 0.535. The van der Waals surface area contributed by atoms with E-state index in [0.29, 0.717) is 29.7 Å². The Bertz CT molecular complexity index is 1440. The van der Waals surface area contributed by atoms with Crippen LogP contribution in [0.5, 0.6) is 5.75 Å². The number of hydrogen-bond donors (Lipinski definition) is 0. The van der Waals surface area contributed by atoms with Crippen molar-refractivity contribution in [1.82, 2.24) is 4.90 Å². The van der Waals surface area contributed by atoms with Crippen molar-refractivity contribution in [3.63, 3.8) is 0 Å². The third-order valence-electron chi connectivity index (χ3n) is 6.57. The standard InChI is InChI=1S/C30H29NO4/c1-4-5-15-34-23-13-11-22(12-14-23)27-26-28(32)25-20(3)16-19(2)17-24(25)35-29(26)30(33)31(27)18-21-9-7-6-8-10-21/h6-14,16-17,27H,4-5,15,18H2,1-3H3. The van der Waals surface area contributed by atoms with Crippen molar-refractivity contribution in [2.45, 2.75) is 46.2 Å². The van der Waals surface area contributed by atoms with E-state index < -0.39 is 6.04 Å². The highest BCUT2D eigenvalue weighted by Gasteiger charge is 2.42. The van der Waals surface area contributed by atoms with Gasteiger partial charge in [0.25, 0.3) is 5.91 Å². The maximum Gasteiger partial charge on any atom is 0.291 e. The number of aryl methyl sites for hydroxylation is 2. The Morgan fingerprint density at radius 2 is 1.71 bits per heavy atom. The van der Waals surface area contributed by atoms with Crippen molar-refractivity contribution in [3.8, 4) is 5.75 Å². The lowest BCUT2D eigenvalue weighted by molar-refractivity contribution is 0.0714. The molecule has 0 bridgehead atoms. The molecular formula is C30H29NO4. The van der Waals surface area contributed by atoms with Gasteiger partial charge in [0.05, 0.1) is 23.6 Å². The van der Waals surface area contributed by atoms with Crippen LogP contribution in [0.1, 0.15) is 64.2 Å². The molecule has 1 aliphatic rings. The van der Waals surface area contributed by atoms with Crippen LogP contribution in [0.4, 0.5) is 0 Å². The molecule has 5 nitrogen and oxygen atoms in total. The van der Waals surface area contributed by atoms with E-state index in [2.05, 4.69) is 6.92 Å². The third-order valence-corrected chi connectivity index (χ3v) is 6.57. The lowest BCUT2D eigenvalue weighted by Crippen LogP contribution is -2.29. The molecule has 0 radical (unpaired) electrons. The molecule has 0 spiro atoms. The summed E-state index contributed by atoms with van der Waals surface area (Å²) in [6, 6.07) is 20.8. The zero-order valence-electron chi connectivity index (χ0n) is 20.3. The molecule has 35 heavy (non-hydrogen) atoms. The van der Waals surface area contributed by atoms with E-state index in [1.807, 2.05) is 80.6 Å². The van der Waals surface area contributed by atoms with Gasteiger partial charge in [0.1, 0.15) is 11.3 Å². The average Bonchev–Trinajstić information content (AvgIpc) is 3.12. The summed E-state index contributed by atoms with van der Waals surface area (Å²) in [6.45, 7) is 7.03. The predicted molar refractivity (Wildman–Crippen MR) is 137 cm³/mol. The number of amides is 1. The van der Waals surface area contributed by atoms with Gasteiger partial charge in [-0.15, -0.1) is 0 Å². The third kappa shape index (κ3) is 4.23. The zero-order chi connectivity index (χ0) is 24.5.